The second kappa shape index (κ2) is 6.01. The average molecular weight is 318 g/mol. The van der Waals surface area contributed by atoms with Crippen LogP contribution in [0.2, 0.25) is 5.02 Å². The van der Waals surface area contributed by atoms with E-state index >= 15 is 0 Å². The van der Waals surface area contributed by atoms with E-state index in [4.69, 9.17) is 16.7 Å². The molecule has 0 amide bonds. The molecule has 1 aliphatic carbocycles. The molecule has 0 bridgehead atoms. The van der Waals surface area contributed by atoms with Gasteiger partial charge in [-0.3, -0.25) is 9.10 Å². The van der Waals surface area contributed by atoms with E-state index < -0.39 is 27.8 Å². The van der Waals surface area contributed by atoms with Crippen LogP contribution >= 0.6 is 11.6 Å². The Kier molecular flexibility index (Phi) is 4.55. The molecule has 2 rings (SSSR count). The summed E-state index contributed by atoms with van der Waals surface area (Å²) < 4.78 is 26.2. The van der Waals surface area contributed by atoms with Gasteiger partial charge in [0.25, 0.3) is 0 Å². The van der Waals surface area contributed by atoms with Gasteiger partial charge in [-0.1, -0.05) is 30.5 Å². The van der Waals surface area contributed by atoms with Crippen molar-refractivity contribution >= 4 is 33.3 Å². The van der Waals surface area contributed by atoms with Crippen LogP contribution in [0.5, 0.6) is 0 Å². The molecule has 5 nitrogen and oxygen atoms in total. The Hall–Kier alpha value is -1.27. The fraction of sp³-hybridized carbons (Fsp3) is 0.462. The third-order valence-corrected chi connectivity index (χ3v) is 5.91. The van der Waals surface area contributed by atoms with Gasteiger partial charge in [0.1, 0.15) is 6.54 Å². The van der Waals surface area contributed by atoms with Crippen LogP contribution in [0.3, 0.4) is 0 Å². The van der Waals surface area contributed by atoms with Gasteiger partial charge in [0.05, 0.1) is 10.9 Å². The van der Waals surface area contributed by atoms with E-state index in [9.17, 15) is 13.2 Å². The molecule has 0 aliphatic heterocycles. The summed E-state index contributed by atoms with van der Waals surface area (Å²) in [6.45, 7) is -0.584. The molecule has 1 aliphatic rings. The largest absolute Gasteiger partial charge is 0.480 e. The quantitative estimate of drug-likeness (QED) is 0.905. The molecule has 0 heterocycles. The Balaban J connectivity index is 2.39. The van der Waals surface area contributed by atoms with Crippen LogP contribution in [-0.2, 0) is 14.8 Å². The molecular weight excluding hydrogens is 302 g/mol. The van der Waals surface area contributed by atoms with Gasteiger partial charge in [0, 0.05) is 5.02 Å². The Bertz CT molecular complexity index is 596. The molecular formula is C13H16ClNO4S. The van der Waals surface area contributed by atoms with Crippen LogP contribution in [0.4, 0.5) is 5.69 Å². The SMILES string of the molecule is O=C(O)CN(c1cccc(Cl)c1)S(=O)(=O)C1CCCC1. The average Bonchev–Trinajstić information content (AvgIpc) is 2.90. The summed E-state index contributed by atoms with van der Waals surface area (Å²) >= 11 is 5.87. The minimum atomic E-state index is -3.67. The van der Waals surface area contributed by atoms with Crippen molar-refractivity contribution in [3.8, 4) is 0 Å². The van der Waals surface area contributed by atoms with Gasteiger partial charge in [-0.25, -0.2) is 8.42 Å². The zero-order chi connectivity index (χ0) is 14.8. The Labute approximate surface area is 123 Å². The molecule has 110 valence electrons. The smallest absolute Gasteiger partial charge is 0.324 e. The van der Waals surface area contributed by atoms with Gasteiger partial charge in [-0.15, -0.1) is 0 Å². The minimum absolute atomic E-state index is 0.298. The molecule has 0 radical (unpaired) electrons. The summed E-state index contributed by atoms with van der Waals surface area (Å²) in [5.74, 6) is -1.19. The molecule has 1 aromatic carbocycles. The molecule has 1 aromatic rings. The zero-order valence-corrected chi connectivity index (χ0v) is 12.4. The van der Waals surface area contributed by atoms with Crippen LogP contribution in [0.1, 0.15) is 25.7 Å². The lowest BCUT2D eigenvalue weighted by atomic mass is 10.3. The molecule has 20 heavy (non-hydrogen) atoms. The minimum Gasteiger partial charge on any atom is -0.480 e. The standard InChI is InChI=1S/C13H16ClNO4S/c14-10-4-3-5-11(8-10)15(9-13(16)17)20(18,19)12-6-1-2-7-12/h3-5,8,12H,1-2,6-7,9H2,(H,16,17). The predicted octanol–water partition coefficient (Wildman–Crippen LogP) is 2.50. The van der Waals surface area contributed by atoms with Crippen molar-refractivity contribution in [2.75, 3.05) is 10.8 Å². The van der Waals surface area contributed by atoms with Crippen LogP contribution < -0.4 is 4.31 Å². The first kappa shape index (κ1) is 15.1. The summed E-state index contributed by atoms with van der Waals surface area (Å²) in [5.41, 5.74) is 0.298. The van der Waals surface area contributed by atoms with E-state index in [-0.39, 0.29) is 0 Å². The summed E-state index contributed by atoms with van der Waals surface area (Å²) in [4.78, 5) is 11.0. The number of nitrogens with zero attached hydrogens (tertiary/aromatic N) is 1. The fourth-order valence-electron chi connectivity index (χ4n) is 2.45. The number of hydrogen-bond donors (Lipinski definition) is 1. The number of carboxylic acid groups (broad SMARTS) is 1. The molecule has 1 N–H and O–H groups in total. The lowest BCUT2D eigenvalue weighted by Gasteiger charge is -2.26. The first-order chi connectivity index (χ1) is 9.41. The highest BCUT2D eigenvalue weighted by Crippen LogP contribution is 2.30. The maximum absolute atomic E-state index is 12.6. The van der Waals surface area contributed by atoms with Crippen LogP contribution in [-0.4, -0.2) is 31.3 Å². The highest BCUT2D eigenvalue weighted by molar-refractivity contribution is 7.93. The van der Waals surface area contributed by atoms with Gasteiger partial charge in [0.15, 0.2) is 0 Å². The van der Waals surface area contributed by atoms with Gasteiger partial charge >= 0.3 is 5.97 Å². The topological polar surface area (TPSA) is 74.7 Å². The number of carboxylic acids is 1. The predicted molar refractivity (Wildman–Crippen MR) is 77.6 cm³/mol. The number of benzene rings is 1. The van der Waals surface area contributed by atoms with Gasteiger partial charge in [0.2, 0.25) is 10.0 Å². The molecule has 0 aromatic heterocycles. The fourth-order valence-corrected chi connectivity index (χ4v) is 4.62. The highest BCUT2D eigenvalue weighted by Gasteiger charge is 2.35. The first-order valence-corrected chi connectivity index (χ1v) is 8.28. The van der Waals surface area contributed by atoms with Gasteiger partial charge in [-0.2, -0.15) is 0 Å². The first-order valence-electron chi connectivity index (χ1n) is 6.40. The van der Waals surface area contributed by atoms with E-state index in [1.165, 1.54) is 6.07 Å². The Morgan fingerprint density at radius 2 is 2.00 bits per heavy atom. The summed E-state index contributed by atoms with van der Waals surface area (Å²) in [7, 11) is -3.67. The molecule has 1 saturated carbocycles. The summed E-state index contributed by atoms with van der Waals surface area (Å²) in [5, 5.41) is 8.86. The van der Waals surface area contributed by atoms with Crippen molar-refractivity contribution in [2.45, 2.75) is 30.9 Å². The second-order valence-electron chi connectivity index (χ2n) is 4.83. The van der Waals surface area contributed by atoms with E-state index in [1.54, 1.807) is 18.2 Å². The molecule has 0 atom stereocenters. The third-order valence-electron chi connectivity index (χ3n) is 3.41. The molecule has 0 spiro atoms. The van der Waals surface area contributed by atoms with Crippen molar-refractivity contribution < 1.29 is 18.3 Å². The van der Waals surface area contributed by atoms with Crippen molar-refractivity contribution in [3.63, 3.8) is 0 Å². The third kappa shape index (κ3) is 3.24. The number of carbonyl (C=O) groups is 1. The van der Waals surface area contributed by atoms with Crippen LogP contribution in [0.25, 0.3) is 0 Å². The number of anilines is 1. The lowest BCUT2D eigenvalue weighted by molar-refractivity contribution is -0.135. The van der Waals surface area contributed by atoms with Gasteiger partial charge < -0.3 is 5.11 Å². The van der Waals surface area contributed by atoms with Crippen molar-refractivity contribution in [1.82, 2.24) is 0 Å². The van der Waals surface area contributed by atoms with E-state index in [0.29, 0.717) is 23.6 Å². The molecule has 0 unspecified atom stereocenters. The lowest BCUT2D eigenvalue weighted by Crippen LogP contribution is -2.41. The molecule has 7 heteroatoms. The summed E-state index contributed by atoms with van der Waals surface area (Å²) in [6, 6.07) is 6.25. The number of hydrogen-bond acceptors (Lipinski definition) is 3. The normalized spacial score (nSPS) is 16.2. The molecule has 1 fully saturated rings. The number of aliphatic carboxylic acids is 1. The van der Waals surface area contributed by atoms with Crippen molar-refractivity contribution in [1.29, 1.82) is 0 Å². The van der Waals surface area contributed by atoms with Crippen LogP contribution in [0.15, 0.2) is 24.3 Å². The van der Waals surface area contributed by atoms with E-state index in [1.807, 2.05) is 0 Å². The monoisotopic (exact) mass is 317 g/mol. The van der Waals surface area contributed by atoms with Crippen molar-refractivity contribution in [2.24, 2.45) is 0 Å². The van der Waals surface area contributed by atoms with E-state index in [2.05, 4.69) is 0 Å². The Morgan fingerprint density at radius 3 is 2.55 bits per heavy atom. The van der Waals surface area contributed by atoms with Gasteiger partial charge in [-0.05, 0) is 31.0 Å². The second-order valence-corrected chi connectivity index (χ2v) is 7.41. The summed E-state index contributed by atoms with van der Waals surface area (Å²) in [6.07, 6.45) is 2.89. The maximum atomic E-state index is 12.6. The maximum Gasteiger partial charge on any atom is 0.324 e. The van der Waals surface area contributed by atoms with Crippen LogP contribution in [0, 0.1) is 0 Å². The number of sulfonamides is 1. The highest BCUT2D eigenvalue weighted by atomic mass is 35.5. The zero-order valence-electron chi connectivity index (χ0n) is 10.8. The number of halogens is 1. The van der Waals surface area contributed by atoms with Crippen molar-refractivity contribution in [3.05, 3.63) is 29.3 Å². The number of rotatable bonds is 5. The Morgan fingerprint density at radius 1 is 1.35 bits per heavy atom. The molecule has 0 saturated heterocycles. The van der Waals surface area contributed by atoms with E-state index in [0.717, 1.165) is 17.1 Å².